The molecule has 2 aromatic rings. The molecule has 0 bridgehead atoms. The second-order valence-electron chi connectivity index (χ2n) is 6.29. The van der Waals surface area contributed by atoms with E-state index in [1.807, 2.05) is 62.4 Å². The van der Waals surface area contributed by atoms with Crippen LogP contribution in [0.25, 0.3) is 0 Å². The Hall–Kier alpha value is -1.06. The fraction of sp³-hybridized carbons (Fsp3) is 0.368. The van der Waals surface area contributed by atoms with Crippen LogP contribution in [0.3, 0.4) is 0 Å². The highest BCUT2D eigenvalue weighted by Crippen LogP contribution is 2.45. The predicted molar refractivity (Wildman–Crippen MR) is 93.8 cm³/mol. The second-order valence-corrected chi connectivity index (χ2v) is 7.16. The molecule has 1 N–H and O–H groups in total. The van der Waals surface area contributed by atoms with Crippen LogP contribution in [0.4, 0.5) is 0 Å². The van der Waals surface area contributed by atoms with Gasteiger partial charge < -0.3 is 9.84 Å². The first kappa shape index (κ1) is 16.8. The third kappa shape index (κ3) is 3.41. The normalized spacial score (nSPS) is 31.1. The molecule has 1 aliphatic heterocycles. The highest BCUT2D eigenvalue weighted by molar-refractivity contribution is 6.30. The molecule has 23 heavy (non-hydrogen) atoms. The zero-order valence-electron chi connectivity index (χ0n) is 13.1. The van der Waals surface area contributed by atoms with Gasteiger partial charge in [0.1, 0.15) is 0 Å². The van der Waals surface area contributed by atoms with Gasteiger partial charge in [0.05, 0.1) is 18.3 Å². The molecule has 4 heteroatoms. The Morgan fingerprint density at radius 3 is 1.43 bits per heavy atom. The molecule has 2 nitrogen and oxygen atoms in total. The van der Waals surface area contributed by atoms with Crippen molar-refractivity contribution in [3.63, 3.8) is 0 Å². The molecule has 3 rings (SSSR count). The Bertz CT molecular complexity index is 597. The van der Waals surface area contributed by atoms with Crippen LogP contribution in [0.2, 0.25) is 10.0 Å². The van der Waals surface area contributed by atoms with Gasteiger partial charge in [0, 0.05) is 21.9 Å². The Morgan fingerprint density at radius 2 is 1.09 bits per heavy atom. The fourth-order valence-corrected chi connectivity index (χ4v) is 3.56. The van der Waals surface area contributed by atoms with E-state index >= 15 is 0 Å². The van der Waals surface area contributed by atoms with E-state index in [1.54, 1.807) is 0 Å². The maximum atomic E-state index is 10.7. The number of aliphatic hydroxyl groups excluding tert-OH is 1. The zero-order valence-corrected chi connectivity index (χ0v) is 14.6. The van der Waals surface area contributed by atoms with Gasteiger partial charge >= 0.3 is 0 Å². The molecule has 1 fully saturated rings. The first-order chi connectivity index (χ1) is 11.0. The number of hydrogen-bond acceptors (Lipinski definition) is 2. The van der Waals surface area contributed by atoms with Crippen LogP contribution in [0, 0.1) is 11.8 Å². The molecule has 0 saturated carbocycles. The number of aliphatic hydroxyl groups is 1. The number of rotatable bonds is 2. The van der Waals surface area contributed by atoms with Crippen LogP contribution in [0.15, 0.2) is 48.5 Å². The third-order valence-corrected chi connectivity index (χ3v) is 5.23. The van der Waals surface area contributed by atoms with Crippen molar-refractivity contribution < 1.29 is 9.84 Å². The Kier molecular flexibility index (Phi) is 4.98. The van der Waals surface area contributed by atoms with Crippen LogP contribution >= 0.6 is 23.2 Å². The molecule has 1 aliphatic rings. The van der Waals surface area contributed by atoms with Gasteiger partial charge in [-0.3, -0.25) is 0 Å². The second kappa shape index (κ2) is 6.82. The summed E-state index contributed by atoms with van der Waals surface area (Å²) >= 11 is 12.0. The smallest absolute Gasteiger partial charge is 0.0883 e. The van der Waals surface area contributed by atoms with Gasteiger partial charge in [-0.05, 0) is 35.4 Å². The summed E-state index contributed by atoms with van der Waals surface area (Å²) in [6.07, 6.45) is -0.775. The maximum absolute atomic E-state index is 10.7. The van der Waals surface area contributed by atoms with Crippen LogP contribution in [-0.4, -0.2) is 11.2 Å². The lowest BCUT2D eigenvalue weighted by molar-refractivity contribution is -0.169. The number of benzene rings is 2. The minimum absolute atomic E-state index is 0.00901. The Balaban J connectivity index is 1.92. The number of halogens is 2. The van der Waals surface area contributed by atoms with E-state index in [4.69, 9.17) is 27.9 Å². The number of hydrogen-bond donors (Lipinski definition) is 1. The quantitative estimate of drug-likeness (QED) is 0.781. The molecule has 0 spiro atoms. The topological polar surface area (TPSA) is 29.5 Å². The molecule has 0 aromatic heterocycles. The molecule has 2 aromatic carbocycles. The summed E-state index contributed by atoms with van der Waals surface area (Å²) in [5, 5.41) is 12.1. The summed E-state index contributed by atoms with van der Waals surface area (Å²) in [5.74, 6) is 0.0180. The summed E-state index contributed by atoms with van der Waals surface area (Å²) < 4.78 is 6.39. The van der Waals surface area contributed by atoms with E-state index in [1.165, 1.54) is 0 Å². The SMILES string of the molecule is C[C@@H]1C(O)[C@H](C)[C@@H](c2ccc(Cl)cc2)O[C@H]1c1ccc(Cl)cc1. The molecule has 122 valence electrons. The van der Waals surface area contributed by atoms with Gasteiger partial charge in [-0.25, -0.2) is 0 Å². The third-order valence-electron chi connectivity index (χ3n) is 4.72. The number of ether oxygens (including phenoxy) is 1. The lowest BCUT2D eigenvalue weighted by Crippen LogP contribution is -2.41. The van der Waals surface area contributed by atoms with Gasteiger partial charge in [0.2, 0.25) is 0 Å². The highest BCUT2D eigenvalue weighted by Gasteiger charge is 2.41. The molecule has 1 unspecified atom stereocenters. The van der Waals surface area contributed by atoms with Gasteiger partial charge in [0.15, 0.2) is 0 Å². The highest BCUT2D eigenvalue weighted by atomic mass is 35.5. The molecule has 5 atom stereocenters. The van der Waals surface area contributed by atoms with E-state index in [-0.39, 0.29) is 24.0 Å². The molecule has 0 amide bonds. The van der Waals surface area contributed by atoms with E-state index < -0.39 is 6.10 Å². The van der Waals surface area contributed by atoms with Crippen molar-refractivity contribution in [2.75, 3.05) is 0 Å². The first-order valence-electron chi connectivity index (χ1n) is 7.82. The van der Waals surface area contributed by atoms with E-state index in [0.29, 0.717) is 10.0 Å². The molecule has 0 aliphatic carbocycles. The van der Waals surface area contributed by atoms with Crippen LogP contribution in [-0.2, 0) is 4.74 Å². The van der Waals surface area contributed by atoms with Crippen LogP contribution < -0.4 is 0 Å². The van der Waals surface area contributed by atoms with Gasteiger partial charge in [-0.2, -0.15) is 0 Å². The van der Waals surface area contributed by atoms with Gasteiger partial charge in [-0.15, -0.1) is 0 Å². The van der Waals surface area contributed by atoms with Crippen molar-refractivity contribution in [3.8, 4) is 0 Å². The van der Waals surface area contributed by atoms with Crippen molar-refractivity contribution in [1.29, 1.82) is 0 Å². The minimum Gasteiger partial charge on any atom is -0.392 e. The predicted octanol–water partition coefficient (Wildman–Crippen LogP) is 5.44. The van der Waals surface area contributed by atoms with Gasteiger partial charge in [0.25, 0.3) is 0 Å². The van der Waals surface area contributed by atoms with Crippen molar-refractivity contribution in [1.82, 2.24) is 0 Å². The van der Waals surface area contributed by atoms with Crippen LogP contribution in [0.1, 0.15) is 37.2 Å². The van der Waals surface area contributed by atoms with Crippen molar-refractivity contribution >= 4 is 23.2 Å². The minimum atomic E-state index is -0.440. The lowest BCUT2D eigenvalue weighted by Gasteiger charge is -2.43. The molecule has 0 radical (unpaired) electrons. The average molecular weight is 351 g/mol. The summed E-state index contributed by atoms with van der Waals surface area (Å²) in [4.78, 5) is 0. The molecular formula is C19H20Cl2O2. The first-order valence-corrected chi connectivity index (χ1v) is 8.57. The maximum Gasteiger partial charge on any atom is 0.0883 e. The Labute approximate surface area is 147 Å². The van der Waals surface area contributed by atoms with Crippen molar-refractivity contribution in [3.05, 3.63) is 69.7 Å². The molecular weight excluding hydrogens is 331 g/mol. The van der Waals surface area contributed by atoms with E-state index in [0.717, 1.165) is 11.1 Å². The zero-order chi connectivity index (χ0) is 16.6. The largest absolute Gasteiger partial charge is 0.392 e. The van der Waals surface area contributed by atoms with Crippen LogP contribution in [0.5, 0.6) is 0 Å². The Morgan fingerprint density at radius 1 is 0.739 bits per heavy atom. The average Bonchev–Trinajstić information content (AvgIpc) is 2.55. The van der Waals surface area contributed by atoms with E-state index in [2.05, 4.69) is 0 Å². The van der Waals surface area contributed by atoms with Gasteiger partial charge in [-0.1, -0.05) is 61.3 Å². The molecule has 1 saturated heterocycles. The lowest BCUT2D eigenvalue weighted by atomic mass is 9.79. The standard InChI is InChI=1S/C19H20Cl2O2/c1-11-17(22)12(2)19(14-5-9-16(21)10-6-14)23-18(11)13-3-7-15(20)8-4-13/h3-12,17-19,22H,1-2H3/t11-,12+,17?,18-,19+. The summed E-state index contributed by atoms with van der Waals surface area (Å²) in [7, 11) is 0. The summed E-state index contributed by atoms with van der Waals surface area (Å²) in [6, 6.07) is 15.3. The summed E-state index contributed by atoms with van der Waals surface area (Å²) in [6.45, 7) is 4.05. The van der Waals surface area contributed by atoms with E-state index in [9.17, 15) is 5.11 Å². The summed E-state index contributed by atoms with van der Waals surface area (Å²) in [5.41, 5.74) is 2.07. The monoisotopic (exact) mass is 350 g/mol. The fourth-order valence-electron chi connectivity index (χ4n) is 3.31. The van der Waals surface area contributed by atoms with Crippen molar-refractivity contribution in [2.45, 2.75) is 32.2 Å². The van der Waals surface area contributed by atoms with Crippen molar-refractivity contribution in [2.24, 2.45) is 11.8 Å². The molecule has 1 heterocycles.